The molecule has 1 atom stereocenters. The molecule has 27 heavy (non-hydrogen) atoms. The Morgan fingerprint density at radius 2 is 1.78 bits per heavy atom. The van der Waals surface area contributed by atoms with Gasteiger partial charge in [-0.3, -0.25) is 4.90 Å². The van der Waals surface area contributed by atoms with Crippen LogP contribution in [0.15, 0.2) is 30.3 Å². The molecule has 1 aliphatic rings. The van der Waals surface area contributed by atoms with Gasteiger partial charge in [0, 0.05) is 57.5 Å². The van der Waals surface area contributed by atoms with Crippen molar-refractivity contribution in [3.63, 3.8) is 0 Å². The average molecular weight is 370 g/mol. The Labute approximate surface area is 161 Å². The largest absolute Gasteiger partial charge is 0.389 e. The van der Waals surface area contributed by atoms with Crippen molar-refractivity contribution in [2.45, 2.75) is 26.4 Å². The number of hydrogen-bond donors (Lipinski definition) is 1. The third-order valence-corrected chi connectivity index (χ3v) is 5.03. The molecule has 1 aromatic carbocycles. The molecule has 1 fully saturated rings. The summed E-state index contributed by atoms with van der Waals surface area (Å²) in [6.45, 7) is 8.69. The van der Waals surface area contributed by atoms with Crippen molar-refractivity contribution in [3.05, 3.63) is 53.0 Å². The summed E-state index contributed by atoms with van der Waals surface area (Å²) in [6, 6.07) is 10.5. The van der Waals surface area contributed by atoms with Gasteiger partial charge in [-0.2, -0.15) is 0 Å². The zero-order chi connectivity index (χ0) is 19.2. The number of aryl methyl sites for hydroxylation is 2. The van der Waals surface area contributed by atoms with Gasteiger partial charge in [-0.1, -0.05) is 30.3 Å². The van der Waals surface area contributed by atoms with Crippen molar-refractivity contribution in [2.24, 2.45) is 0 Å². The zero-order valence-corrected chi connectivity index (χ0v) is 16.6. The molecule has 1 saturated heterocycles. The number of rotatable bonds is 7. The highest BCUT2D eigenvalue weighted by atomic mass is 16.5. The maximum atomic E-state index is 9.96. The van der Waals surface area contributed by atoms with Gasteiger partial charge in [-0.15, -0.1) is 0 Å². The molecule has 6 heteroatoms. The van der Waals surface area contributed by atoms with Crippen LogP contribution in [0.5, 0.6) is 0 Å². The normalized spacial score (nSPS) is 16.5. The Bertz CT molecular complexity index is 730. The summed E-state index contributed by atoms with van der Waals surface area (Å²) in [5, 5.41) is 9.96. The van der Waals surface area contributed by atoms with Crippen molar-refractivity contribution < 1.29 is 9.84 Å². The van der Waals surface area contributed by atoms with E-state index in [9.17, 15) is 5.11 Å². The van der Waals surface area contributed by atoms with Crippen molar-refractivity contribution in [2.75, 3.05) is 51.3 Å². The summed E-state index contributed by atoms with van der Waals surface area (Å²) in [7, 11) is 1.62. The minimum absolute atomic E-state index is 0.381. The van der Waals surface area contributed by atoms with E-state index in [1.165, 1.54) is 11.1 Å². The fourth-order valence-corrected chi connectivity index (χ4v) is 3.67. The number of methoxy groups -OCH3 is 1. The Balaban J connectivity index is 1.73. The third kappa shape index (κ3) is 5.25. The molecule has 0 bridgehead atoms. The first-order valence-corrected chi connectivity index (χ1v) is 9.59. The number of anilines is 1. The number of aliphatic hydroxyl groups excluding tert-OH is 1. The summed E-state index contributed by atoms with van der Waals surface area (Å²) in [6.07, 6.45) is 0.411. The molecule has 0 amide bonds. The Morgan fingerprint density at radius 1 is 1.07 bits per heavy atom. The fraction of sp³-hybridized carbons (Fsp3) is 0.524. The van der Waals surface area contributed by atoms with E-state index >= 15 is 0 Å². The summed E-state index contributed by atoms with van der Waals surface area (Å²) < 4.78 is 5.03. The van der Waals surface area contributed by atoms with Crippen LogP contribution in [0.1, 0.15) is 22.6 Å². The molecule has 6 nitrogen and oxygen atoms in total. The molecule has 3 rings (SSSR count). The van der Waals surface area contributed by atoms with Crippen LogP contribution < -0.4 is 4.90 Å². The van der Waals surface area contributed by atoms with Crippen LogP contribution in [0.3, 0.4) is 0 Å². The van der Waals surface area contributed by atoms with E-state index in [-0.39, 0.29) is 0 Å². The van der Waals surface area contributed by atoms with E-state index < -0.39 is 6.10 Å². The van der Waals surface area contributed by atoms with Gasteiger partial charge in [-0.05, 0) is 19.4 Å². The van der Waals surface area contributed by atoms with Gasteiger partial charge in [0.2, 0.25) is 0 Å². The highest BCUT2D eigenvalue weighted by Gasteiger charge is 2.23. The second-order valence-electron chi connectivity index (χ2n) is 7.22. The number of β-amino-alcohol motifs (C(OH)–C–C–N with tert-alkyl or cyclic N) is 1. The first kappa shape index (κ1) is 19.7. The molecule has 1 aromatic heterocycles. The smallest absolute Gasteiger partial charge is 0.136 e. The molecule has 0 aliphatic carbocycles. The first-order valence-electron chi connectivity index (χ1n) is 9.59. The van der Waals surface area contributed by atoms with Crippen molar-refractivity contribution >= 4 is 5.82 Å². The number of nitrogens with zero attached hydrogens (tertiary/aromatic N) is 4. The minimum Gasteiger partial charge on any atom is -0.389 e. The number of aliphatic hydroxyl groups is 1. The second kappa shape index (κ2) is 9.26. The minimum atomic E-state index is -0.432. The molecular weight excluding hydrogens is 340 g/mol. The van der Waals surface area contributed by atoms with Gasteiger partial charge in [0.1, 0.15) is 11.6 Å². The monoisotopic (exact) mass is 370 g/mol. The Morgan fingerprint density at radius 3 is 2.44 bits per heavy atom. The lowest BCUT2D eigenvalue weighted by atomic mass is 10.0. The van der Waals surface area contributed by atoms with Gasteiger partial charge in [-0.25, -0.2) is 9.97 Å². The van der Waals surface area contributed by atoms with E-state index in [0.29, 0.717) is 13.2 Å². The predicted molar refractivity (Wildman–Crippen MR) is 107 cm³/mol. The number of ether oxygens (including phenoxy) is 1. The van der Waals surface area contributed by atoms with Crippen molar-refractivity contribution in [3.8, 4) is 0 Å². The average Bonchev–Trinajstić information content (AvgIpc) is 2.65. The van der Waals surface area contributed by atoms with E-state index in [4.69, 9.17) is 9.72 Å². The van der Waals surface area contributed by atoms with Crippen LogP contribution in [0, 0.1) is 13.8 Å². The van der Waals surface area contributed by atoms with Crippen LogP contribution in [0.2, 0.25) is 0 Å². The van der Waals surface area contributed by atoms with E-state index in [2.05, 4.69) is 46.0 Å². The number of aromatic nitrogens is 2. The second-order valence-corrected chi connectivity index (χ2v) is 7.22. The molecule has 0 spiro atoms. The molecule has 2 heterocycles. The number of hydrogen-bond acceptors (Lipinski definition) is 6. The molecule has 146 valence electrons. The lowest BCUT2D eigenvalue weighted by Crippen LogP contribution is -2.49. The van der Waals surface area contributed by atoms with Crippen molar-refractivity contribution in [1.82, 2.24) is 14.9 Å². The third-order valence-electron chi connectivity index (χ3n) is 5.03. The van der Waals surface area contributed by atoms with Gasteiger partial charge in [0.05, 0.1) is 12.7 Å². The lowest BCUT2D eigenvalue weighted by molar-refractivity contribution is 0.0365. The van der Waals surface area contributed by atoms with E-state index in [0.717, 1.165) is 49.9 Å². The highest BCUT2D eigenvalue weighted by molar-refractivity contribution is 5.51. The standard InChI is InChI=1S/C21H30N4O2/c1-16-20(13-18-7-5-4-6-8-18)21(23-17(2)22-16)25-11-9-24(10-12-25)14-19(26)15-27-3/h4-8,19,26H,9-15H2,1-3H3/t19-/m1/s1. The highest BCUT2D eigenvalue weighted by Crippen LogP contribution is 2.25. The molecule has 0 saturated carbocycles. The number of benzene rings is 1. The van der Waals surface area contributed by atoms with Crippen LogP contribution in [0.4, 0.5) is 5.82 Å². The summed E-state index contributed by atoms with van der Waals surface area (Å²) >= 11 is 0. The SMILES string of the molecule is COC[C@H](O)CN1CCN(c2nc(C)nc(C)c2Cc2ccccc2)CC1. The topological polar surface area (TPSA) is 61.7 Å². The van der Waals surface area contributed by atoms with E-state index in [1.807, 2.05) is 13.0 Å². The summed E-state index contributed by atoms with van der Waals surface area (Å²) in [5.74, 6) is 1.87. The Kier molecular flexibility index (Phi) is 6.77. The molecule has 2 aromatic rings. The van der Waals surface area contributed by atoms with Gasteiger partial charge in [0.25, 0.3) is 0 Å². The number of piperazine rings is 1. The first-order chi connectivity index (χ1) is 13.1. The fourth-order valence-electron chi connectivity index (χ4n) is 3.67. The van der Waals surface area contributed by atoms with Gasteiger partial charge >= 0.3 is 0 Å². The van der Waals surface area contributed by atoms with Crippen LogP contribution in [-0.4, -0.2) is 72.5 Å². The zero-order valence-electron chi connectivity index (χ0n) is 16.6. The summed E-state index contributed by atoms with van der Waals surface area (Å²) in [4.78, 5) is 14.1. The van der Waals surface area contributed by atoms with Crippen molar-refractivity contribution in [1.29, 1.82) is 0 Å². The van der Waals surface area contributed by atoms with Gasteiger partial charge in [0.15, 0.2) is 0 Å². The maximum Gasteiger partial charge on any atom is 0.136 e. The molecule has 0 unspecified atom stereocenters. The lowest BCUT2D eigenvalue weighted by Gasteiger charge is -2.37. The van der Waals surface area contributed by atoms with E-state index in [1.54, 1.807) is 7.11 Å². The van der Waals surface area contributed by atoms with Crippen LogP contribution >= 0.6 is 0 Å². The molecule has 0 radical (unpaired) electrons. The van der Waals surface area contributed by atoms with Crippen LogP contribution in [-0.2, 0) is 11.2 Å². The quantitative estimate of drug-likeness (QED) is 0.802. The molecular formula is C21H30N4O2. The van der Waals surface area contributed by atoms with Crippen LogP contribution in [0.25, 0.3) is 0 Å². The van der Waals surface area contributed by atoms with Gasteiger partial charge < -0.3 is 14.7 Å². The predicted octanol–water partition coefficient (Wildman–Crippen LogP) is 1.81. The summed E-state index contributed by atoms with van der Waals surface area (Å²) in [5.41, 5.74) is 3.54. The molecule has 1 N–H and O–H groups in total. The maximum absolute atomic E-state index is 9.96. The Hall–Kier alpha value is -2.02. The molecule has 1 aliphatic heterocycles.